The molecule has 0 aliphatic rings. The third-order valence-corrected chi connectivity index (χ3v) is 21.5. The van der Waals surface area contributed by atoms with E-state index in [0.29, 0.717) is 10.1 Å². The molecule has 2 rings (SSSR count). The highest BCUT2D eigenvalue weighted by atomic mass is 28.4. The van der Waals surface area contributed by atoms with Crippen molar-refractivity contribution in [3.8, 4) is 0 Å². The van der Waals surface area contributed by atoms with E-state index in [1.807, 2.05) is 0 Å². The van der Waals surface area contributed by atoms with Gasteiger partial charge in [0, 0.05) is 6.54 Å². The predicted octanol–water partition coefficient (Wildman–Crippen LogP) is 8.56. The van der Waals surface area contributed by atoms with Crippen LogP contribution in [0.5, 0.6) is 0 Å². The van der Waals surface area contributed by atoms with Gasteiger partial charge in [0.15, 0.2) is 0 Å². The molecule has 0 amide bonds. The largest absolute Gasteiger partial charge is 0.341 e. The van der Waals surface area contributed by atoms with E-state index in [1.165, 1.54) is 16.7 Å². The average Bonchev–Trinajstić information content (AvgIpc) is 2.64. The topological polar surface area (TPSA) is 3.24 Å². The van der Waals surface area contributed by atoms with Gasteiger partial charge < -0.3 is 4.23 Å². The molecule has 2 aromatic carbocycles. The van der Waals surface area contributed by atoms with E-state index in [-0.39, 0.29) is 0 Å². The summed E-state index contributed by atoms with van der Waals surface area (Å²) in [5.41, 5.74) is 4.92. The number of hydrogen-bond donors (Lipinski definition) is 0. The van der Waals surface area contributed by atoms with Crippen LogP contribution >= 0.6 is 0 Å². The Morgan fingerprint density at radius 1 is 0.733 bits per heavy atom. The Morgan fingerprint density at radius 3 is 1.67 bits per heavy atom. The Bertz CT molecular complexity index is 842. The molecule has 0 radical (unpaired) electrons. The van der Waals surface area contributed by atoms with Crippen LogP contribution in [0.15, 0.2) is 61.2 Å². The van der Waals surface area contributed by atoms with Crippen molar-refractivity contribution >= 4 is 22.0 Å². The molecule has 0 atom stereocenters. The normalized spacial score (nSPS) is 13.6. The van der Waals surface area contributed by atoms with Crippen molar-refractivity contribution in [3.05, 3.63) is 77.9 Å². The molecule has 2 aromatic rings. The van der Waals surface area contributed by atoms with Crippen LogP contribution in [0, 0.1) is 0 Å². The van der Waals surface area contributed by atoms with Crippen LogP contribution in [-0.2, 0) is 6.54 Å². The summed E-state index contributed by atoms with van der Waals surface area (Å²) in [6.07, 6.45) is 0. The second-order valence-electron chi connectivity index (χ2n) is 11.7. The smallest absolute Gasteiger partial charge is 0.121 e. The van der Waals surface area contributed by atoms with Gasteiger partial charge >= 0.3 is 0 Å². The first kappa shape index (κ1) is 24.8. The van der Waals surface area contributed by atoms with Gasteiger partial charge in [0.25, 0.3) is 0 Å². The zero-order chi connectivity index (χ0) is 23.0. The molecule has 0 unspecified atom stereocenters. The van der Waals surface area contributed by atoms with Gasteiger partial charge in [-0.2, -0.15) is 0 Å². The van der Waals surface area contributed by atoms with Gasteiger partial charge in [0.05, 0.1) is 0 Å². The Labute approximate surface area is 188 Å². The molecule has 1 nitrogen and oxygen atoms in total. The Hall–Kier alpha value is -1.43. The standard InChI is InChI=1S/C27H43NSi2/c1-22(24-17-13-12-14-18-24)25-19-15-16-23(20-25)21-28(29(8,9)26(2,3)4)30(10,11)27(5,6)7/h12-20H,1,21H2,2-11H3. The zero-order valence-electron chi connectivity index (χ0n) is 21.1. The molecule has 0 spiro atoms. The summed E-state index contributed by atoms with van der Waals surface area (Å²) < 4.78 is 2.99. The average molecular weight is 438 g/mol. The molecular formula is C27H43NSi2. The first-order chi connectivity index (χ1) is 13.6. The van der Waals surface area contributed by atoms with Crippen LogP contribution < -0.4 is 0 Å². The number of benzene rings is 2. The minimum atomic E-state index is -1.70. The summed E-state index contributed by atoms with van der Waals surface area (Å²) in [5.74, 6) is 0. The van der Waals surface area contributed by atoms with E-state index in [2.05, 4.69) is 133 Å². The van der Waals surface area contributed by atoms with Gasteiger partial charge in [-0.05, 0) is 38.4 Å². The van der Waals surface area contributed by atoms with Crippen LogP contribution in [0.25, 0.3) is 5.57 Å². The number of hydrogen-bond acceptors (Lipinski definition) is 1. The molecule has 0 bridgehead atoms. The van der Waals surface area contributed by atoms with Crippen LogP contribution in [0.1, 0.15) is 58.2 Å². The van der Waals surface area contributed by atoms with E-state index in [9.17, 15) is 0 Å². The first-order valence-electron chi connectivity index (χ1n) is 11.2. The number of nitrogens with zero attached hydrogens (tertiary/aromatic N) is 1. The first-order valence-corrected chi connectivity index (χ1v) is 17.1. The summed E-state index contributed by atoms with van der Waals surface area (Å²) >= 11 is 0. The van der Waals surface area contributed by atoms with Crippen molar-refractivity contribution in [2.45, 2.75) is 84.4 Å². The van der Waals surface area contributed by atoms with Crippen molar-refractivity contribution in [1.29, 1.82) is 0 Å². The fraction of sp³-hybridized carbons (Fsp3) is 0.481. The van der Waals surface area contributed by atoms with Gasteiger partial charge in [0.1, 0.15) is 16.5 Å². The monoisotopic (exact) mass is 437 g/mol. The lowest BCUT2D eigenvalue weighted by atomic mass is 9.98. The van der Waals surface area contributed by atoms with Crippen molar-refractivity contribution in [3.63, 3.8) is 0 Å². The molecule has 0 aliphatic carbocycles. The van der Waals surface area contributed by atoms with Gasteiger partial charge in [-0.3, -0.25) is 0 Å². The van der Waals surface area contributed by atoms with E-state index in [4.69, 9.17) is 0 Å². The van der Waals surface area contributed by atoms with Crippen LogP contribution in [0.2, 0.25) is 36.3 Å². The zero-order valence-corrected chi connectivity index (χ0v) is 23.1. The van der Waals surface area contributed by atoms with Crippen molar-refractivity contribution in [2.24, 2.45) is 0 Å². The maximum Gasteiger partial charge on any atom is 0.121 e. The number of rotatable bonds is 6. The molecule has 0 N–H and O–H groups in total. The summed E-state index contributed by atoms with van der Waals surface area (Å²) in [6, 6.07) is 19.6. The summed E-state index contributed by atoms with van der Waals surface area (Å²) in [5, 5.41) is 0.627. The molecule has 0 aromatic heterocycles. The second kappa shape index (κ2) is 8.60. The van der Waals surface area contributed by atoms with Gasteiger partial charge in [-0.25, -0.2) is 0 Å². The van der Waals surface area contributed by atoms with Gasteiger partial charge in [-0.1, -0.05) is 123 Å². The predicted molar refractivity (Wildman–Crippen MR) is 141 cm³/mol. The van der Waals surface area contributed by atoms with Crippen LogP contribution in [0.4, 0.5) is 0 Å². The van der Waals surface area contributed by atoms with Crippen LogP contribution in [-0.4, -0.2) is 20.7 Å². The van der Waals surface area contributed by atoms with Crippen molar-refractivity contribution < 1.29 is 0 Å². The SMILES string of the molecule is C=C(c1ccccc1)c1cccc(CN([Si](C)(C)C(C)(C)C)[Si](C)(C)C(C)(C)C)c1. The molecule has 0 saturated carbocycles. The highest BCUT2D eigenvalue weighted by molar-refractivity contribution is 6.93. The third kappa shape index (κ3) is 5.07. The minimum absolute atomic E-state index is 0.313. The Balaban J connectivity index is 2.48. The fourth-order valence-corrected chi connectivity index (χ4v) is 14.1. The minimum Gasteiger partial charge on any atom is -0.341 e. The van der Waals surface area contributed by atoms with Crippen molar-refractivity contribution in [1.82, 2.24) is 4.23 Å². The van der Waals surface area contributed by atoms with Crippen molar-refractivity contribution in [2.75, 3.05) is 0 Å². The Kier molecular flexibility index (Phi) is 7.12. The lowest BCUT2D eigenvalue weighted by Crippen LogP contribution is -2.67. The molecule has 3 heteroatoms. The van der Waals surface area contributed by atoms with Gasteiger partial charge in [-0.15, -0.1) is 0 Å². The molecule has 0 saturated heterocycles. The lowest BCUT2D eigenvalue weighted by molar-refractivity contribution is 0.508. The summed E-state index contributed by atoms with van der Waals surface area (Å²) in [7, 11) is -3.40. The Morgan fingerprint density at radius 2 is 1.20 bits per heavy atom. The summed E-state index contributed by atoms with van der Waals surface area (Å²) in [4.78, 5) is 0. The molecule has 0 heterocycles. The molecule has 30 heavy (non-hydrogen) atoms. The third-order valence-electron chi connectivity index (χ3n) is 7.76. The molecular weight excluding hydrogens is 394 g/mol. The highest BCUT2D eigenvalue weighted by Crippen LogP contribution is 2.47. The van der Waals surface area contributed by atoms with E-state index in [1.54, 1.807) is 0 Å². The summed E-state index contributed by atoms with van der Waals surface area (Å²) in [6.45, 7) is 30.3. The van der Waals surface area contributed by atoms with E-state index < -0.39 is 16.5 Å². The highest BCUT2D eigenvalue weighted by Gasteiger charge is 2.51. The quantitative estimate of drug-likeness (QED) is 0.409. The van der Waals surface area contributed by atoms with E-state index in [0.717, 1.165) is 12.1 Å². The fourth-order valence-electron chi connectivity index (χ4n) is 3.75. The van der Waals surface area contributed by atoms with E-state index >= 15 is 0 Å². The van der Waals surface area contributed by atoms with Gasteiger partial charge in [0.2, 0.25) is 0 Å². The maximum absolute atomic E-state index is 4.40. The molecule has 164 valence electrons. The second-order valence-corrected chi connectivity index (χ2v) is 22.5. The molecule has 0 aliphatic heterocycles. The maximum atomic E-state index is 4.40. The molecule has 0 fully saturated rings. The lowest BCUT2D eigenvalue weighted by Gasteiger charge is -2.57. The van der Waals surface area contributed by atoms with Crippen LogP contribution in [0.3, 0.4) is 0 Å².